The van der Waals surface area contributed by atoms with Gasteiger partial charge in [0, 0.05) is 17.8 Å². The Labute approximate surface area is 93.8 Å². The van der Waals surface area contributed by atoms with Crippen LogP contribution in [0, 0.1) is 13.8 Å². The first-order valence-electron chi connectivity index (χ1n) is 5.07. The molecule has 16 heavy (non-hydrogen) atoms. The Balaban J connectivity index is 2.94. The SMILES string of the molecule is CNCc1c(C)cc(C)nc1OCC(F)F. The second-order valence-corrected chi connectivity index (χ2v) is 3.60. The Hall–Kier alpha value is -1.23. The number of rotatable bonds is 5. The lowest BCUT2D eigenvalue weighted by molar-refractivity contribution is 0.0789. The van der Waals surface area contributed by atoms with Crippen molar-refractivity contribution in [2.24, 2.45) is 0 Å². The van der Waals surface area contributed by atoms with Gasteiger partial charge >= 0.3 is 0 Å². The van der Waals surface area contributed by atoms with Crippen LogP contribution < -0.4 is 10.1 Å². The van der Waals surface area contributed by atoms with Gasteiger partial charge in [-0.1, -0.05) is 0 Å². The van der Waals surface area contributed by atoms with Gasteiger partial charge in [-0.05, 0) is 32.5 Å². The molecule has 1 N–H and O–H groups in total. The fourth-order valence-corrected chi connectivity index (χ4v) is 1.48. The Kier molecular flexibility index (Phi) is 4.61. The van der Waals surface area contributed by atoms with Crippen molar-refractivity contribution in [1.29, 1.82) is 0 Å². The Morgan fingerprint density at radius 1 is 1.44 bits per heavy atom. The summed E-state index contributed by atoms with van der Waals surface area (Å²) < 4.78 is 29.2. The van der Waals surface area contributed by atoms with Crippen LogP contribution in [0.15, 0.2) is 6.07 Å². The number of pyridine rings is 1. The molecule has 0 aliphatic rings. The third kappa shape index (κ3) is 3.41. The number of hydrogen-bond acceptors (Lipinski definition) is 3. The highest BCUT2D eigenvalue weighted by molar-refractivity contribution is 5.35. The Morgan fingerprint density at radius 2 is 2.12 bits per heavy atom. The first kappa shape index (κ1) is 12.8. The zero-order valence-electron chi connectivity index (χ0n) is 9.68. The monoisotopic (exact) mass is 230 g/mol. The lowest BCUT2D eigenvalue weighted by atomic mass is 10.1. The molecule has 1 rings (SSSR count). The van der Waals surface area contributed by atoms with Crippen molar-refractivity contribution in [3.63, 3.8) is 0 Å². The van der Waals surface area contributed by atoms with Crippen molar-refractivity contribution < 1.29 is 13.5 Å². The third-order valence-electron chi connectivity index (χ3n) is 2.14. The van der Waals surface area contributed by atoms with Crippen LogP contribution in [0.2, 0.25) is 0 Å². The van der Waals surface area contributed by atoms with Crippen molar-refractivity contribution in [3.8, 4) is 5.88 Å². The molecule has 0 aliphatic carbocycles. The molecule has 0 aromatic carbocycles. The van der Waals surface area contributed by atoms with E-state index in [0.29, 0.717) is 12.4 Å². The van der Waals surface area contributed by atoms with Gasteiger partial charge in [0.1, 0.15) is 0 Å². The summed E-state index contributed by atoms with van der Waals surface area (Å²) in [5.74, 6) is 0.298. The molecule has 0 amide bonds. The smallest absolute Gasteiger partial charge is 0.272 e. The molecule has 0 fully saturated rings. The van der Waals surface area contributed by atoms with Gasteiger partial charge < -0.3 is 10.1 Å². The molecule has 1 heterocycles. The van der Waals surface area contributed by atoms with Crippen LogP contribution in [0.3, 0.4) is 0 Å². The van der Waals surface area contributed by atoms with Crippen LogP contribution in [0.1, 0.15) is 16.8 Å². The second kappa shape index (κ2) is 5.75. The first-order chi connectivity index (χ1) is 7.54. The lowest BCUT2D eigenvalue weighted by Gasteiger charge is -2.13. The second-order valence-electron chi connectivity index (χ2n) is 3.60. The molecular weight excluding hydrogens is 214 g/mol. The molecule has 0 unspecified atom stereocenters. The van der Waals surface area contributed by atoms with Gasteiger partial charge in [-0.15, -0.1) is 0 Å². The molecule has 0 atom stereocenters. The highest BCUT2D eigenvalue weighted by Crippen LogP contribution is 2.21. The number of nitrogens with one attached hydrogen (secondary N) is 1. The standard InChI is InChI=1S/C11H16F2N2O/c1-7-4-8(2)15-11(9(7)5-14-3)16-6-10(12)13/h4,10,14H,5-6H2,1-3H3. The van der Waals surface area contributed by atoms with E-state index in [2.05, 4.69) is 10.3 Å². The molecule has 3 nitrogen and oxygen atoms in total. The predicted molar refractivity (Wildman–Crippen MR) is 58.0 cm³/mol. The predicted octanol–water partition coefficient (Wildman–Crippen LogP) is 2.06. The maximum absolute atomic E-state index is 12.1. The van der Waals surface area contributed by atoms with E-state index in [1.807, 2.05) is 19.9 Å². The van der Waals surface area contributed by atoms with E-state index in [-0.39, 0.29) is 0 Å². The number of nitrogens with zero attached hydrogens (tertiary/aromatic N) is 1. The third-order valence-corrected chi connectivity index (χ3v) is 2.14. The molecule has 0 saturated heterocycles. The van der Waals surface area contributed by atoms with E-state index in [9.17, 15) is 8.78 Å². The van der Waals surface area contributed by atoms with Gasteiger partial charge in [0.2, 0.25) is 5.88 Å². The molecule has 5 heteroatoms. The van der Waals surface area contributed by atoms with Gasteiger partial charge in [-0.3, -0.25) is 0 Å². The van der Waals surface area contributed by atoms with Crippen LogP contribution in [-0.2, 0) is 6.54 Å². The summed E-state index contributed by atoms with van der Waals surface area (Å²) in [6.07, 6.45) is -2.48. The van der Waals surface area contributed by atoms with Crippen LogP contribution in [0.5, 0.6) is 5.88 Å². The Morgan fingerprint density at radius 3 is 2.69 bits per heavy atom. The Bertz CT molecular complexity index is 356. The number of alkyl halides is 2. The summed E-state index contributed by atoms with van der Waals surface area (Å²) in [7, 11) is 1.79. The highest BCUT2D eigenvalue weighted by Gasteiger charge is 2.11. The minimum Gasteiger partial charge on any atom is -0.471 e. The van der Waals surface area contributed by atoms with Gasteiger partial charge in [0.25, 0.3) is 6.43 Å². The van der Waals surface area contributed by atoms with Crippen LogP contribution >= 0.6 is 0 Å². The first-order valence-corrected chi connectivity index (χ1v) is 5.07. The van der Waals surface area contributed by atoms with Gasteiger partial charge in [0.05, 0.1) is 0 Å². The van der Waals surface area contributed by atoms with E-state index in [4.69, 9.17) is 4.74 Å². The zero-order valence-corrected chi connectivity index (χ0v) is 9.68. The molecule has 0 aliphatic heterocycles. The van der Waals surface area contributed by atoms with Crippen LogP contribution in [0.25, 0.3) is 0 Å². The average Bonchev–Trinajstić information content (AvgIpc) is 2.19. The largest absolute Gasteiger partial charge is 0.471 e. The fourth-order valence-electron chi connectivity index (χ4n) is 1.48. The maximum Gasteiger partial charge on any atom is 0.272 e. The van der Waals surface area contributed by atoms with E-state index < -0.39 is 13.0 Å². The zero-order chi connectivity index (χ0) is 12.1. The molecular formula is C11H16F2N2O. The molecule has 1 aromatic rings. The van der Waals surface area contributed by atoms with Crippen LogP contribution in [-0.4, -0.2) is 25.1 Å². The number of aromatic nitrogens is 1. The lowest BCUT2D eigenvalue weighted by Crippen LogP contribution is -2.14. The van der Waals surface area contributed by atoms with E-state index >= 15 is 0 Å². The summed E-state index contributed by atoms with van der Waals surface area (Å²) in [5, 5.41) is 2.96. The minimum atomic E-state index is -2.48. The number of hydrogen-bond donors (Lipinski definition) is 1. The minimum absolute atomic E-state index is 0.298. The molecule has 0 bridgehead atoms. The van der Waals surface area contributed by atoms with Crippen molar-refractivity contribution >= 4 is 0 Å². The van der Waals surface area contributed by atoms with Crippen molar-refractivity contribution in [1.82, 2.24) is 10.3 Å². The fraction of sp³-hybridized carbons (Fsp3) is 0.545. The normalized spacial score (nSPS) is 10.9. The van der Waals surface area contributed by atoms with Crippen molar-refractivity contribution in [3.05, 3.63) is 22.9 Å². The van der Waals surface area contributed by atoms with Gasteiger partial charge in [-0.25, -0.2) is 13.8 Å². The molecule has 90 valence electrons. The number of aryl methyl sites for hydroxylation is 2. The summed E-state index contributed by atoms with van der Waals surface area (Å²) in [6.45, 7) is 3.66. The number of halogens is 2. The quantitative estimate of drug-likeness (QED) is 0.840. The van der Waals surface area contributed by atoms with E-state index in [1.54, 1.807) is 7.05 Å². The van der Waals surface area contributed by atoms with Crippen molar-refractivity contribution in [2.75, 3.05) is 13.7 Å². The molecule has 1 aromatic heterocycles. The van der Waals surface area contributed by atoms with E-state index in [0.717, 1.165) is 16.8 Å². The summed E-state index contributed by atoms with van der Waals surface area (Å²) in [5.41, 5.74) is 2.58. The van der Waals surface area contributed by atoms with Gasteiger partial charge in [-0.2, -0.15) is 0 Å². The molecule has 0 saturated carbocycles. The summed E-state index contributed by atoms with van der Waals surface area (Å²) >= 11 is 0. The summed E-state index contributed by atoms with van der Waals surface area (Å²) in [4.78, 5) is 4.13. The molecule has 0 spiro atoms. The van der Waals surface area contributed by atoms with E-state index in [1.165, 1.54) is 0 Å². The maximum atomic E-state index is 12.1. The van der Waals surface area contributed by atoms with Crippen LogP contribution in [0.4, 0.5) is 8.78 Å². The van der Waals surface area contributed by atoms with Gasteiger partial charge in [0.15, 0.2) is 6.61 Å². The topological polar surface area (TPSA) is 34.2 Å². The average molecular weight is 230 g/mol. The highest BCUT2D eigenvalue weighted by atomic mass is 19.3. The molecule has 0 radical (unpaired) electrons. The number of ether oxygens (including phenoxy) is 1. The summed E-state index contributed by atoms with van der Waals surface area (Å²) in [6, 6.07) is 1.90. The van der Waals surface area contributed by atoms with Crippen molar-refractivity contribution in [2.45, 2.75) is 26.8 Å².